The van der Waals surface area contributed by atoms with E-state index in [1.54, 1.807) is 7.11 Å². The van der Waals surface area contributed by atoms with Crippen LogP contribution in [0.5, 0.6) is 5.75 Å². The lowest BCUT2D eigenvalue weighted by molar-refractivity contribution is -0.121. The highest BCUT2D eigenvalue weighted by Gasteiger charge is 2.21. The highest BCUT2D eigenvalue weighted by Crippen LogP contribution is 2.28. The van der Waals surface area contributed by atoms with Gasteiger partial charge in [0.05, 0.1) is 7.11 Å². The van der Waals surface area contributed by atoms with Crippen molar-refractivity contribution in [1.29, 1.82) is 0 Å². The lowest BCUT2D eigenvalue weighted by Gasteiger charge is -2.31. The molecule has 1 aliphatic rings. The number of carbonyl (C=O) groups excluding carboxylic acids is 1. The minimum absolute atomic E-state index is 0.193. The zero-order chi connectivity index (χ0) is 20.8. The van der Waals surface area contributed by atoms with Crippen LogP contribution in [0.25, 0.3) is 10.9 Å². The van der Waals surface area contributed by atoms with Crippen LogP contribution in [0.4, 0.5) is 0 Å². The fourth-order valence-corrected chi connectivity index (χ4v) is 4.15. The molecule has 1 aromatic heterocycles. The van der Waals surface area contributed by atoms with Gasteiger partial charge in [-0.1, -0.05) is 0 Å². The van der Waals surface area contributed by atoms with Crippen molar-refractivity contribution in [2.24, 2.45) is 5.92 Å². The molecule has 1 amide bonds. The largest absolute Gasteiger partial charge is 0.497 e. The number of H-pyrrole nitrogens is 1. The number of piperidine rings is 1. The van der Waals surface area contributed by atoms with Gasteiger partial charge in [-0.15, -0.1) is 0 Å². The topological polar surface area (TPSA) is 60.6 Å². The number of ether oxygens (including phenoxy) is 1. The van der Waals surface area contributed by atoms with Crippen LogP contribution in [0.3, 0.4) is 0 Å². The molecule has 1 aromatic carbocycles. The maximum absolute atomic E-state index is 12.0. The number of aryl methyl sites for hydroxylation is 1. The Balaban J connectivity index is 1.44. The third kappa shape index (κ3) is 5.97. The molecule has 3 rings (SSSR count). The summed E-state index contributed by atoms with van der Waals surface area (Å²) in [6.07, 6.45) is 4.02. The van der Waals surface area contributed by atoms with E-state index >= 15 is 0 Å². The summed E-state index contributed by atoms with van der Waals surface area (Å²) in [6, 6.07) is 6.21. The minimum Gasteiger partial charge on any atom is -0.497 e. The number of hydrogen-bond donors (Lipinski definition) is 2. The summed E-state index contributed by atoms with van der Waals surface area (Å²) >= 11 is 0. The van der Waals surface area contributed by atoms with Crippen LogP contribution in [0.15, 0.2) is 18.2 Å². The van der Waals surface area contributed by atoms with E-state index in [1.165, 1.54) is 35.0 Å². The van der Waals surface area contributed by atoms with Crippen LogP contribution in [0.2, 0.25) is 0 Å². The number of amides is 1. The molecule has 0 bridgehead atoms. The van der Waals surface area contributed by atoms with Crippen molar-refractivity contribution < 1.29 is 9.53 Å². The maximum Gasteiger partial charge on any atom is 0.220 e. The molecule has 0 atom stereocenters. The Morgan fingerprint density at radius 3 is 2.76 bits per heavy atom. The fourth-order valence-electron chi connectivity index (χ4n) is 4.15. The minimum atomic E-state index is 0.193. The number of nitrogens with zero attached hydrogens (tertiary/aromatic N) is 2. The van der Waals surface area contributed by atoms with Gasteiger partial charge in [0.2, 0.25) is 5.91 Å². The van der Waals surface area contributed by atoms with Gasteiger partial charge in [0.1, 0.15) is 5.75 Å². The number of likely N-dealkylation sites (tertiary alicyclic amines) is 1. The number of methoxy groups -OCH3 is 1. The molecule has 0 spiro atoms. The lowest BCUT2D eigenvalue weighted by atomic mass is 9.92. The second-order valence-electron chi connectivity index (χ2n) is 8.55. The predicted molar refractivity (Wildman–Crippen MR) is 118 cm³/mol. The third-order valence-corrected chi connectivity index (χ3v) is 6.12. The summed E-state index contributed by atoms with van der Waals surface area (Å²) in [7, 11) is 5.75. The van der Waals surface area contributed by atoms with Crippen LogP contribution in [0.1, 0.15) is 36.9 Å². The first-order valence-corrected chi connectivity index (χ1v) is 10.7. The number of hydrogen-bond acceptors (Lipinski definition) is 4. The highest BCUT2D eigenvalue weighted by atomic mass is 16.5. The molecule has 160 valence electrons. The molecule has 1 fully saturated rings. The molecule has 0 saturated carbocycles. The summed E-state index contributed by atoms with van der Waals surface area (Å²) in [6.45, 7) is 6.98. The fraction of sp³-hybridized carbons (Fsp3) is 0.609. The zero-order valence-corrected chi connectivity index (χ0v) is 18.4. The predicted octanol–water partition coefficient (Wildman–Crippen LogP) is 3.15. The molecule has 2 aromatic rings. The second-order valence-corrected chi connectivity index (χ2v) is 8.55. The average molecular weight is 401 g/mol. The van der Waals surface area contributed by atoms with E-state index in [0.29, 0.717) is 12.3 Å². The van der Waals surface area contributed by atoms with Gasteiger partial charge in [0, 0.05) is 42.7 Å². The number of likely N-dealkylation sites (N-methyl/N-ethyl adjacent to an activating group) is 1. The molecule has 2 N–H and O–H groups in total. The quantitative estimate of drug-likeness (QED) is 0.679. The zero-order valence-electron chi connectivity index (χ0n) is 18.4. The Hall–Kier alpha value is -2.05. The Morgan fingerprint density at radius 1 is 1.31 bits per heavy atom. The monoisotopic (exact) mass is 400 g/mol. The van der Waals surface area contributed by atoms with E-state index in [4.69, 9.17) is 4.74 Å². The molecule has 2 heterocycles. The third-order valence-electron chi connectivity index (χ3n) is 6.12. The van der Waals surface area contributed by atoms with E-state index < -0.39 is 0 Å². The van der Waals surface area contributed by atoms with Crippen molar-refractivity contribution in [3.8, 4) is 5.75 Å². The summed E-state index contributed by atoms with van der Waals surface area (Å²) in [5.41, 5.74) is 3.79. The Labute approximate surface area is 174 Å². The van der Waals surface area contributed by atoms with Crippen molar-refractivity contribution in [3.63, 3.8) is 0 Å². The van der Waals surface area contributed by atoms with E-state index in [-0.39, 0.29) is 5.91 Å². The average Bonchev–Trinajstić information content (AvgIpc) is 3.02. The van der Waals surface area contributed by atoms with E-state index in [1.807, 2.05) is 20.2 Å². The normalized spacial score (nSPS) is 15.9. The smallest absolute Gasteiger partial charge is 0.220 e. The molecule has 6 nitrogen and oxygen atoms in total. The Morgan fingerprint density at radius 2 is 2.07 bits per heavy atom. The van der Waals surface area contributed by atoms with E-state index in [2.05, 4.69) is 39.2 Å². The molecule has 0 aliphatic carbocycles. The van der Waals surface area contributed by atoms with Gasteiger partial charge in [-0.3, -0.25) is 9.69 Å². The van der Waals surface area contributed by atoms with Gasteiger partial charge in [0.15, 0.2) is 0 Å². The summed E-state index contributed by atoms with van der Waals surface area (Å²) in [4.78, 5) is 20.2. The van der Waals surface area contributed by atoms with E-state index in [9.17, 15) is 4.79 Å². The van der Waals surface area contributed by atoms with Crippen LogP contribution in [-0.2, 0) is 11.3 Å². The van der Waals surface area contributed by atoms with Gasteiger partial charge in [0.25, 0.3) is 0 Å². The molecule has 0 radical (unpaired) electrons. The van der Waals surface area contributed by atoms with Gasteiger partial charge in [-0.05, 0) is 83.1 Å². The van der Waals surface area contributed by atoms with Crippen molar-refractivity contribution in [2.45, 2.75) is 39.2 Å². The number of carbonyl (C=O) groups is 1. The molecule has 0 unspecified atom stereocenters. The number of benzene rings is 1. The summed E-state index contributed by atoms with van der Waals surface area (Å²) < 4.78 is 5.37. The number of fused-ring (bicyclic) bond motifs is 1. The number of aromatic nitrogens is 1. The maximum atomic E-state index is 12.0. The first kappa shape index (κ1) is 21.7. The first-order valence-electron chi connectivity index (χ1n) is 10.7. The second kappa shape index (κ2) is 10.1. The molecule has 29 heavy (non-hydrogen) atoms. The van der Waals surface area contributed by atoms with Crippen LogP contribution in [0, 0.1) is 12.8 Å². The van der Waals surface area contributed by atoms with Crippen molar-refractivity contribution in [1.82, 2.24) is 20.1 Å². The van der Waals surface area contributed by atoms with Crippen molar-refractivity contribution in [2.75, 3.05) is 47.4 Å². The van der Waals surface area contributed by atoms with Crippen LogP contribution in [-0.4, -0.2) is 68.1 Å². The van der Waals surface area contributed by atoms with Gasteiger partial charge >= 0.3 is 0 Å². The molecular weight excluding hydrogens is 364 g/mol. The van der Waals surface area contributed by atoms with Crippen LogP contribution >= 0.6 is 0 Å². The molecule has 1 saturated heterocycles. The number of aromatic amines is 1. The summed E-state index contributed by atoms with van der Waals surface area (Å²) in [5, 5.41) is 4.26. The van der Waals surface area contributed by atoms with Crippen LogP contribution < -0.4 is 10.1 Å². The SMILES string of the molecule is COc1ccc2[nH]c(CN3CCC(CCC(=O)NCCN(C)C)CC3)c(C)c2c1. The molecule has 1 aliphatic heterocycles. The lowest BCUT2D eigenvalue weighted by Crippen LogP contribution is -2.34. The van der Waals surface area contributed by atoms with Gasteiger partial charge in [-0.2, -0.15) is 0 Å². The number of nitrogens with one attached hydrogen (secondary N) is 2. The van der Waals surface area contributed by atoms with Crippen molar-refractivity contribution in [3.05, 3.63) is 29.5 Å². The molecular formula is C23H36N4O2. The first-order chi connectivity index (χ1) is 14.0. The standard InChI is InChI=1S/C23H36N4O2/c1-17-20-15-19(29-4)6-7-21(20)25-22(17)16-27-12-9-18(10-13-27)5-8-23(28)24-11-14-26(2)3/h6-7,15,18,25H,5,8-14,16H2,1-4H3,(H,24,28). The van der Waals surface area contributed by atoms with Crippen molar-refractivity contribution >= 4 is 16.8 Å². The highest BCUT2D eigenvalue weighted by molar-refractivity contribution is 5.85. The Kier molecular flexibility index (Phi) is 7.56. The van der Waals surface area contributed by atoms with E-state index in [0.717, 1.165) is 44.9 Å². The molecule has 6 heteroatoms. The summed E-state index contributed by atoms with van der Waals surface area (Å²) in [5.74, 6) is 1.76. The number of rotatable bonds is 9. The Bertz CT molecular complexity index is 807. The van der Waals surface area contributed by atoms with Gasteiger partial charge in [-0.25, -0.2) is 0 Å². The van der Waals surface area contributed by atoms with Gasteiger partial charge < -0.3 is 19.9 Å².